The maximum atomic E-state index is 13.0. The summed E-state index contributed by atoms with van der Waals surface area (Å²) < 4.78 is 0. The molecule has 5 heteroatoms. The summed E-state index contributed by atoms with van der Waals surface area (Å²) in [7, 11) is 0. The smallest absolute Gasteiger partial charge is 0.251 e. The molecule has 2 saturated carbocycles. The van der Waals surface area contributed by atoms with Gasteiger partial charge >= 0.3 is 0 Å². The molecular weight excluding hydrogens is 362 g/mol. The number of benzene rings is 1. The van der Waals surface area contributed by atoms with Gasteiger partial charge < -0.3 is 10.2 Å². The van der Waals surface area contributed by atoms with Gasteiger partial charge in [0.2, 0.25) is 5.91 Å². The van der Waals surface area contributed by atoms with Gasteiger partial charge in [-0.15, -0.1) is 0 Å². The van der Waals surface area contributed by atoms with Crippen LogP contribution in [0.2, 0.25) is 0 Å². The second-order valence-corrected chi connectivity index (χ2v) is 9.67. The van der Waals surface area contributed by atoms with Crippen LogP contribution in [0.1, 0.15) is 69.3 Å². The third-order valence-electron chi connectivity index (χ3n) is 5.44. The summed E-state index contributed by atoms with van der Waals surface area (Å²) in [5, 5.41) is 3.03. The average Bonchev–Trinajstić information content (AvgIpc) is 3.54. The Morgan fingerprint density at radius 3 is 2.03 bits per heavy atom. The lowest BCUT2D eigenvalue weighted by Gasteiger charge is -2.30. The molecule has 2 aliphatic carbocycles. The molecule has 0 spiro atoms. The zero-order valence-electron chi connectivity index (χ0n) is 18.5. The summed E-state index contributed by atoms with van der Waals surface area (Å²) in [6.07, 6.45) is 4.53. The Hall–Kier alpha value is -1.88. The van der Waals surface area contributed by atoms with Crippen LogP contribution < -0.4 is 5.32 Å². The van der Waals surface area contributed by atoms with Gasteiger partial charge in [-0.05, 0) is 55.2 Å². The van der Waals surface area contributed by atoms with E-state index < -0.39 is 0 Å². The molecular formula is C24H37N3O2. The largest absolute Gasteiger partial charge is 0.349 e. The van der Waals surface area contributed by atoms with Gasteiger partial charge in [-0.2, -0.15) is 0 Å². The van der Waals surface area contributed by atoms with E-state index in [0.717, 1.165) is 43.6 Å². The number of nitrogens with zero attached hydrogens (tertiary/aromatic N) is 2. The van der Waals surface area contributed by atoms with Gasteiger partial charge in [0.05, 0.1) is 6.54 Å². The van der Waals surface area contributed by atoms with Gasteiger partial charge in [0.1, 0.15) is 0 Å². The van der Waals surface area contributed by atoms with Crippen LogP contribution in [0.15, 0.2) is 24.3 Å². The van der Waals surface area contributed by atoms with E-state index >= 15 is 0 Å². The molecule has 0 bridgehead atoms. The SMILES string of the molecule is CC(C)CN(CC(C)C)C(=O)CN(Cc1ccc(C(=O)NC2CC2)cc1)C1CC1. The Morgan fingerprint density at radius 1 is 0.966 bits per heavy atom. The Morgan fingerprint density at radius 2 is 1.55 bits per heavy atom. The molecule has 2 fully saturated rings. The predicted octanol–water partition coefficient (Wildman–Crippen LogP) is 3.68. The minimum atomic E-state index is 0.0197. The lowest BCUT2D eigenvalue weighted by molar-refractivity contribution is -0.133. The highest BCUT2D eigenvalue weighted by Crippen LogP contribution is 2.28. The topological polar surface area (TPSA) is 52.7 Å². The first-order valence-electron chi connectivity index (χ1n) is 11.2. The van der Waals surface area contributed by atoms with E-state index in [9.17, 15) is 9.59 Å². The van der Waals surface area contributed by atoms with Crippen molar-refractivity contribution in [1.29, 1.82) is 0 Å². The molecule has 29 heavy (non-hydrogen) atoms. The highest BCUT2D eigenvalue weighted by Gasteiger charge is 2.31. The fraction of sp³-hybridized carbons (Fsp3) is 0.667. The lowest BCUT2D eigenvalue weighted by Crippen LogP contribution is -2.44. The van der Waals surface area contributed by atoms with Gasteiger partial charge in [0.25, 0.3) is 5.91 Å². The van der Waals surface area contributed by atoms with Crippen LogP contribution in [0.25, 0.3) is 0 Å². The number of hydrogen-bond donors (Lipinski definition) is 1. The molecule has 2 amide bonds. The van der Waals surface area contributed by atoms with E-state index in [1.165, 1.54) is 12.8 Å². The fourth-order valence-corrected chi connectivity index (χ4v) is 3.68. The van der Waals surface area contributed by atoms with Crippen LogP contribution in [0.3, 0.4) is 0 Å². The van der Waals surface area contributed by atoms with Gasteiger partial charge in [0.15, 0.2) is 0 Å². The predicted molar refractivity (Wildman–Crippen MR) is 117 cm³/mol. The molecule has 1 N–H and O–H groups in total. The van der Waals surface area contributed by atoms with E-state index in [0.29, 0.717) is 30.5 Å². The summed E-state index contributed by atoms with van der Waals surface area (Å²) in [6.45, 7) is 11.5. The molecule has 0 heterocycles. The van der Waals surface area contributed by atoms with Crippen LogP contribution in [0, 0.1) is 11.8 Å². The second kappa shape index (κ2) is 9.75. The van der Waals surface area contributed by atoms with Gasteiger partial charge in [-0.1, -0.05) is 39.8 Å². The first kappa shape index (κ1) is 21.8. The average molecular weight is 400 g/mol. The second-order valence-electron chi connectivity index (χ2n) is 9.67. The molecule has 3 rings (SSSR count). The minimum absolute atomic E-state index is 0.0197. The summed E-state index contributed by atoms with van der Waals surface area (Å²) in [6, 6.07) is 8.76. The number of rotatable bonds is 11. The summed E-state index contributed by atoms with van der Waals surface area (Å²) in [5.74, 6) is 1.20. The monoisotopic (exact) mass is 399 g/mol. The van der Waals surface area contributed by atoms with Crippen molar-refractivity contribution in [2.45, 2.75) is 72.0 Å². The van der Waals surface area contributed by atoms with Crippen LogP contribution in [0.5, 0.6) is 0 Å². The van der Waals surface area contributed by atoms with E-state index in [2.05, 4.69) is 37.9 Å². The standard InChI is InChI=1S/C24H37N3O2/c1-17(2)13-27(14-18(3)4)23(28)16-26(22-11-12-22)15-19-5-7-20(8-6-19)24(29)25-21-9-10-21/h5-8,17-18,21-22H,9-16H2,1-4H3,(H,25,29). The quantitative estimate of drug-likeness (QED) is 0.617. The molecule has 0 radical (unpaired) electrons. The van der Waals surface area contributed by atoms with Crippen molar-refractivity contribution in [3.05, 3.63) is 35.4 Å². The number of carbonyl (C=O) groups is 2. The zero-order valence-corrected chi connectivity index (χ0v) is 18.5. The molecule has 0 aromatic heterocycles. The summed E-state index contributed by atoms with van der Waals surface area (Å²) in [5.41, 5.74) is 1.88. The summed E-state index contributed by atoms with van der Waals surface area (Å²) >= 11 is 0. The molecule has 0 aliphatic heterocycles. The fourth-order valence-electron chi connectivity index (χ4n) is 3.68. The summed E-state index contributed by atoms with van der Waals surface area (Å²) in [4.78, 5) is 29.6. The molecule has 1 aromatic rings. The van der Waals surface area contributed by atoms with E-state index in [1.54, 1.807) is 0 Å². The van der Waals surface area contributed by atoms with Crippen LogP contribution in [0.4, 0.5) is 0 Å². The number of amides is 2. The van der Waals surface area contributed by atoms with Crippen molar-refractivity contribution in [3.8, 4) is 0 Å². The number of carbonyl (C=O) groups excluding carboxylic acids is 2. The lowest BCUT2D eigenvalue weighted by atomic mass is 10.1. The van der Waals surface area contributed by atoms with Gasteiger partial charge in [-0.25, -0.2) is 0 Å². The van der Waals surface area contributed by atoms with Crippen molar-refractivity contribution in [2.75, 3.05) is 19.6 Å². The first-order valence-corrected chi connectivity index (χ1v) is 11.2. The Bertz CT molecular complexity index is 681. The van der Waals surface area contributed by atoms with Crippen molar-refractivity contribution in [3.63, 3.8) is 0 Å². The van der Waals surface area contributed by atoms with Crippen LogP contribution in [-0.2, 0) is 11.3 Å². The van der Waals surface area contributed by atoms with Crippen LogP contribution >= 0.6 is 0 Å². The highest BCUT2D eigenvalue weighted by molar-refractivity contribution is 5.94. The highest BCUT2D eigenvalue weighted by atomic mass is 16.2. The number of hydrogen-bond acceptors (Lipinski definition) is 3. The molecule has 1 aromatic carbocycles. The molecule has 0 atom stereocenters. The molecule has 5 nitrogen and oxygen atoms in total. The molecule has 0 saturated heterocycles. The maximum absolute atomic E-state index is 13.0. The van der Waals surface area contributed by atoms with E-state index in [1.807, 2.05) is 29.2 Å². The minimum Gasteiger partial charge on any atom is -0.349 e. The zero-order chi connectivity index (χ0) is 21.0. The van der Waals surface area contributed by atoms with Gasteiger partial charge in [0, 0.05) is 37.3 Å². The Labute approximate surface area is 175 Å². The molecule has 2 aliphatic rings. The third kappa shape index (κ3) is 7.14. The molecule has 160 valence electrons. The van der Waals surface area contributed by atoms with Crippen molar-refractivity contribution < 1.29 is 9.59 Å². The Balaban J connectivity index is 1.59. The van der Waals surface area contributed by atoms with Gasteiger partial charge in [-0.3, -0.25) is 14.5 Å². The first-order chi connectivity index (χ1) is 13.8. The third-order valence-corrected chi connectivity index (χ3v) is 5.44. The Kier molecular flexibility index (Phi) is 7.33. The maximum Gasteiger partial charge on any atom is 0.251 e. The molecule has 0 unspecified atom stereocenters. The van der Waals surface area contributed by atoms with E-state index in [-0.39, 0.29) is 11.8 Å². The van der Waals surface area contributed by atoms with Crippen molar-refractivity contribution >= 4 is 11.8 Å². The van der Waals surface area contributed by atoms with E-state index in [4.69, 9.17) is 0 Å². The van der Waals surface area contributed by atoms with Crippen molar-refractivity contribution in [1.82, 2.24) is 15.1 Å². The normalized spacial score (nSPS) is 16.5. The van der Waals surface area contributed by atoms with Crippen molar-refractivity contribution in [2.24, 2.45) is 11.8 Å². The number of nitrogens with one attached hydrogen (secondary N) is 1. The van der Waals surface area contributed by atoms with Crippen LogP contribution in [-0.4, -0.2) is 53.3 Å².